The molecule has 0 spiro atoms. The van der Waals surface area contributed by atoms with E-state index in [0.29, 0.717) is 71.7 Å². The summed E-state index contributed by atoms with van der Waals surface area (Å²) >= 11 is 0. The van der Waals surface area contributed by atoms with Crippen LogP contribution in [0.15, 0.2) is 46.5 Å². The maximum atomic E-state index is 13.3. The summed E-state index contributed by atoms with van der Waals surface area (Å²) in [5, 5.41) is 20.0. The topological polar surface area (TPSA) is 221 Å². The van der Waals surface area contributed by atoms with Crippen LogP contribution in [0.5, 0.6) is 0 Å². The number of nitrogens with zero attached hydrogens (tertiary/aromatic N) is 10. The van der Waals surface area contributed by atoms with Crippen LogP contribution in [-0.2, 0) is 69.0 Å². The summed E-state index contributed by atoms with van der Waals surface area (Å²) < 4.78 is 56.1. The number of imidazole rings is 2. The van der Waals surface area contributed by atoms with Crippen molar-refractivity contribution in [1.82, 2.24) is 39.0 Å². The fourth-order valence-electron chi connectivity index (χ4n) is 9.97. The van der Waals surface area contributed by atoms with Gasteiger partial charge in [-0.2, -0.15) is 0 Å². The molecule has 4 aromatic heterocycles. The van der Waals surface area contributed by atoms with Gasteiger partial charge in [0.1, 0.15) is 24.9 Å². The molecule has 20 heteroatoms. The smallest absolute Gasteiger partial charge is 0.226 e. The summed E-state index contributed by atoms with van der Waals surface area (Å²) in [6.45, 7) is 10.2. The highest BCUT2D eigenvalue weighted by molar-refractivity contribution is 7.91. The van der Waals surface area contributed by atoms with E-state index in [4.69, 9.17) is 34.7 Å². The number of aliphatic hydroxyl groups is 2. The molecule has 0 unspecified atom stereocenters. The number of hydrogen-bond donors (Lipinski definition) is 2. The third kappa shape index (κ3) is 8.12. The molecule has 0 saturated heterocycles. The van der Waals surface area contributed by atoms with Crippen molar-refractivity contribution in [2.75, 3.05) is 35.4 Å². The lowest BCUT2D eigenvalue weighted by Gasteiger charge is -2.38. The van der Waals surface area contributed by atoms with E-state index in [1.54, 1.807) is 36.7 Å². The van der Waals surface area contributed by atoms with Gasteiger partial charge in [0.2, 0.25) is 11.9 Å². The zero-order valence-electron chi connectivity index (χ0n) is 38.0. The first-order valence-electron chi connectivity index (χ1n) is 22.7. The predicted molar refractivity (Wildman–Crippen MR) is 245 cm³/mol. The summed E-state index contributed by atoms with van der Waals surface area (Å²) in [5.74, 6) is 3.57. The summed E-state index contributed by atoms with van der Waals surface area (Å²) in [4.78, 5) is 45.9. The number of hydrogen-bond acceptors (Lipinski definition) is 16. The van der Waals surface area contributed by atoms with Gasteiger partial charge in [0.25, 0.3) is 0 Å². The number of aliphatic hydroxyl groups excluding tert-OH is 2. The second kappa shape index (κ2) is 16.9. The molecule has 2 N–H and O–H groups in total. The molecule has 2 fully saturated rings. The van der Waals surface area contributed by atoms with E-state index in [0.717, 1.165) is 71.6 Å². The molecule has 66 heavy (non-hydrogen) atoms. The van der Waals surface area contributed by atoms with Gasteiger partial charge >= 0.3 is 0 Å². The Balaban J connectivity index is 0.883. The standard InChI is InChI=1S/C46H56N10O8S2/c1-25(2)41-43-49-33-15-29(21-57)37(65(5,59)60)17-35(33)53(43)11-14-56(41)46-48-20-32(40(52-46)28-9-10-28)24-64-63-23-30-16-34-36(18-38(30)66(6,61)62)54-12-13-55(42(26(3)4)44(54)50-34)45-47-19-31(22-58)39(51-45)27-7-8-27/h15-20,25-28,41-42,57-58H,7-14,21-24H2,1-6H3/t41-,42+/m0/s1. The van der Waals surface area contributed by atoms with Crippen LogP contribution >= 0.6 is 0 Å². The van der Waals surface area contributed by atoms with E-state index in [2.05, 4.69) is 51.6 Å². The van der Waals surface area contributed by atoms with E-state index in [-0.39, 0.29) is 59.4 Å². The average Bonchev–Trinajstić information content (AvgIpc) is 4.23. The normalized spacial score (nSPS) is 19.1. The molecule has 2 aliphatic heterocycles. The monoisotopic (exact) mass is 940 g/mol. The molecule has 10 rings (SSSR count). The van der Waals surface area contributed by atoms with Crippen molar-refractivity contribution < 1.29 is 36.8 Å². The fourth-order valence-corrected chi connectivity index (χ4v) is 11.8. The first-order valence-corrected chi connectivity index (χ1v) is 26.5. The van der Waals surface area contributed by atoms with E-state index in [1.165, 1.54) is 6.26 Å². The Morgan fingerprint density at radius 2 is 1.02 bits per heavy atom. The highest BCUT2D eigenvalue weighted by atomic mass is 32.2. The van der Waals surface area contributed by atoms with Crippen molar-refractivity contribution in [2.24, 2.45) is 11.8 Å². The Bertz CT molecular complexity index is 3110. The van der Waals surface area contributed by atoms with Crippen molar-refractivity contribution in [1.29, 1.82) is 0 Å². The van der Waals surface area contributed by atoms with Gasteiger partial charge in [0.05, 0.1) is 68.5 Å². The van der Waals surface area contributed by atoms with Gasteiger partial charge in [-0.1, -0.05) is 27.7 Å². The Morgan fingerprint density at radius 3 is 1.45 bits per heavy atom. The summed E-state index contributed by atoms with van der Waals surface area (Å²) in [6.07, 6.45) is 9.92. The molecule has 2 atom stereocenters. The molecule has 2 aromatic carbocycles. The molecule has 6 heterocycles. The molecule has 350 valence electrons. The molecule has 2 saturated carbocycles. The van der Waals surface area contributed by atoms with E-state index in [9.17, 15) is 27.0 Å². The minimum absolute atomic E-state index is 0.0519. The van der Waals surface area contributed by atoms with Crippen LogP contribution in [-0.4, -0.2) is 91.7 Å². The Labute approximate surface area is 383 Å². The van der Waals surface area contributed by atoms with Crippen LogP contribution in [0.3, 0.4) is 0 Å². The van der Waals surface area contributed by atoms with E-state index in [1.807, 2.05) is 0 Å². The predicted octanol–water partition coefficient (Wildman–Crippen LogP) is 5.60. The van der Waals surface area contributed by atoms with Gasteiger partial charge in [-0.3, -0.25) is 0 Å². The zero-order valence-corrected chi connectivity index (χ0v) is 39.7. The Kier molecular flexibility index (Phi) is 11.4. The molecule has 0 bridgehead atoms. The molecule has 0 amide bonds. The number of aromatic nitrogens is 8. The van der Waals surface area contributed by atoms with Gasteiger partial charge in [0, 0.05) is 79.6 Å². The maximum absolute atomic E-state index is 13.3. The van der Waals surface area contributed by atoms with Crippen LogP contribution in [0.25, 0.3) is 22.1 Å². The zero-order chi connectivity index (χ0) is 46.4. The summed E-state index contributed by atoms with van der Waals surface area (Å²) in [7, 11) is -7.26. The second-order valence-corrected chi connectivity index (χ2v) is 23.0. The van der Waals surface area contributed by atoms with Gasteiger partial charge in [-0.25, -0.2) is 56.5 Å². The number of fused-ring (bicyclic) bond motifs is 6. The molecule has 4 aliphatic rings. The maximum Gasteiger partial charge on any atom is 0.226 e. The van der Waals surface area contributed by atoms with E-state index < -0.39 is 26.3 Å². The van der Waals surface area contributed by atoms with Gasteiger partial charge in [-0.05, 0) is 67.3 Å². The van der Waals surface area contributed by atoms with Crippen LogP contribution in [0.1, 0.15) is 123 Å². The first kappa shape index (κ1) is 44.7. The highest BCUT2D eigenvalue weighted by Gasteiger charge is 2.39. The fraction of sp³-hybridized carbons (Fsp3) is 0.522. The number of rotatable bonds is 15. The Hall–Kier alpha value is -5.12. The first-order chi connectivity index (χ1) is 31.5. The average molecular weight is 941 g/mol. The van der Waals surface area contributed by atoms with Crippen LogP contribution in [0, 0.1) is 11.8 Å². The van der Waals surface area contributed by atoms with Crippen LogP contribution in [0.4, 0.5) is 11.9 Å². The Morgan fingerprint density at radius 1 is 0.591 bits per heavy atom. The van der Waals surface area contributed by atoms with Crippen LogP contribution < -0.4 is 9.80 Å². The minimum atomic E-state index is -3.68. The molecule has 18 nitrogen and oxygen atoms in total. The largest absolute Gasteiger partial charge is 0.392 e. The molecular formula is C46H56N10O8S2. The van der Waals surface area contributed by atoms with Crippen molar-refractivity contribution in [3.8, 4) is 0 Å². The summed E-state index contributed by atoms with van der Waals surface area (Å²) in [5.41, 5.74) is 6.80. The number of sulfone groups is 2. The lowest BCUT2D eigenvalue weighted by atomic mass is 10.00. The van der Waals surface area contributed by atoms with Crippen molar-refractivity contribution in [3.63, 3.8) is 0 Å². The number of benzene rings is 2. The van der Waals surface area contributed by atoms with Gasteiger partial charge < -0.3 is 29.1 Å². The molecular weight excluding hydrogens is 885 g/mol. The number of anilines is 2. The van der Waals surface area contributed by atoms with E-state index >= 15 is 0 Å². The molecule has 0 radical (unpaired) electrons. The third-order valence-corrected chi connectivity index (χ3v) is 15.7. The SMILES string of the molecule is CC(C)[C@H]1c2nc3cc(CO)c(S(C)(=O)=O)cc3n2CCN1c1ncc(COOCc2cc3nc4n(c3cc2S(C)(=O)=O)CCN(c2ncc(CO)c(C3CC3)n2)[C@@H]4C(C)C)c(C2CC2)n1. The van der Waals surface area contributed by atoms with Crippen LogP contribution in [0.2, 0.25) is 0 Å². The van der Waals surface area contributed by atoms with Crippen molar-refractivity contribution in [3.05, 3.63) is 81.9 Å². The van der Waals surface area contributed by atoms with Crippen molar-refractivity contribution >= 4 is 53.6 Å². The molecule has 6 aromatic rings. The lowest BCUT2D eigenvalue weighted by molar-refractivity contribution is -0.313. The summed E-state index contributed by atoms with van der Waals surface area (Å²) in [6, 6.07) is 6.38. The highest BCUT2D eigenvalue weighted by Crippen LogP contribution is 2.45. The lowest BCUT2D eigenvalue weighted by Crippen LogP contribution is -2.42. The van der Waals surface area contributed by atoms with Gasteiger partial charge in [-0.15, -0.1) is 0 Å². The van der Waals surface area contributed by atoms with Gasteiger partial charge in [0.15, 0.2) is 19.7 Å². The third-order valence-electron chi connectivity index (χ3n) is 13.4. The minimum Gasteiger partial charge on any atom is -0.392 e. The second-order valence-electron chi connectivity index (χ2n) is 19.0. The quantitative estimate of drug-likeness (QED) is 0.0727. The van der Waals surface area contributed by atoms with Crippen molar-refractivity contribution in [2.45, 2.75) is 127 Å². The molecule has 2 aliphatic carbocycles.